The normalized spacial score (nSPS) is 12.8. The van der Waals surface area contributed by atoms with Gasteiger partial charge in [0.2, 0.25) is 0 Å². The fraction of sp³-hybridized carbons (Fsp3) is 0.812. The van der Waals surface area contributed by atoms with Gasteiger partial charge < -0.3 is 4.74 Å². The van der Waals surface area contributed by atoms with Gasteiger partial charge in [-0.05, 0) is 25.7 Å². The van der Waals surface area contributed by atoms with Crippen LogP contribution in [-0.4, -0.2) is 13.1 Å². The van der Waals surface area contributed by atoms with Crippen molar-refractivity contribution in [3.05, 3.63) is 12.2 Å². The molecule has 0 saturated heterocycles. The van der Waals surface area contributed by atoms with Gasteiger partial charge in [-0.15, -0.1) is 0 Å². The topological polar surface area (TPSA) is 26.3 Å². The van der Waals surface area contributed by atoms with Crippen molar-refractivity contribution < 1.29 is 9.53 Å². The summed E-state index contributed by atoms with van der Waals surface area (Å²) in [5.41, 5.74) is 0. The maximum absolute atomic E-state index is 11.2. The van der Waals surface area contributed by atoms with Crippen LogP contribution in [0.2, 0.25) is 0 Å². The highest BCUT2D eigenvalue weighted by Crippen LogP contribution is 2.12. The summed E-state index contributed by atoms with van der Waals surface area (Å²) in [5, 5.41) is 0. The first-order chi connectivity index (χ1) is 8.72. The molecule has 1 unspecified atom stereocenters. The molecular weight excluding hydrogens is 224 g/mol. The summed E-state index contributed by atoms with van der Waals surface area (Å²) < 4.78 is 4.71. The highest BCUT2D eigenvalue weighted by molar-refractivity contribution is 5.71. The number of carbonyl (C=O) groups excluding carboxylic acids is 1. The predicted molar refractivity (Wildman–Crippen MR) is 77.5 cm³/mol. The number of esters is 1. The quantitative estimate of drug-likeness (QED) is 0.298. The van der Waals surface area contributed by atoms with Gasteiger partial charge >= 0.3 is 5.97 Å². The lowest BCUT2D eigenvalue weighted by Gasteiger charge is -2.07. The zero-order valence-electron chi connectivity index (χ0n) is 12.4. The molecule has 106 valence electrons. The number of ether oxygens (including phenoxy) is 1. The second-order valence-electron chi connectivity index (χ2n) is 5.03. The molecule has 0 heterocycles. The molecule has 0 fully saturated rings. The van der Waals surface area contributed by atoms with E-state index in [-0.39, 0.29) is 11.9 Å². The van der Waals surface area contributed by atoms with Crippen molar-refractivity contribution in [3.63, 3.8) is 0 Å². The van der Waals surface area contributed by atoms with Crippen LogP contribution in [0.15, 0.2) is 12.2 Å². The second-order valence-corrected chi connectivity index (χ2v) is 5.03. The van der Waals surface area contributed by atoms with Crippen LogP contribution < -0.4 is 0 Å². The van der Waals surface area contributed by atoms with E-state index in [1.165, 1.54) is 52.1 Å². The van der Waals surface area contributed by atoms with Crippen LogP contribution >= 0.6 is 0 Å². The van der Waals surface area contributed by atoms with Crippen LogP contribution in [0.25, 0.3) is 0 Å². The molecule has 0 spiro atoms. The first-order valence-electron chi connectivity index (χ1n) is 7.45. The van der Waals surface area contributed by atoms with Gasteiger partial charge in [-0.3, -0.25) is 4.79 Å². The predicted octanol–water partition coefficient (Wildman–Crippen LogP) is 4.88. The van der Waals surface area contributed by atoms with Crippen molar-refractivity contribution in [2.24, 2.45) is 5.92 Å². The van der Waals surface area contributed by atoms with Crippen LogP contribution in [-0.2, 0) is 9.53 Å². The second kappa shape index (κ2) is 12.7. The molecule has 0 aromatic rings. The van der Waals surface area contributed by atoms with Gasteiger partial charge in [0.25, 0.3) is 0 Å². The third-order valence-corrected chi connectivity index (χ3v) is 3.25. The smallest absolute Gasteiger partial charge is 0.308 e. The molecule has 0 amide bonds. The molecule has 0 bridgehead atoms. The number of hydrogen-bond acceptors (Lipinski definition) is 2. The Labute approximate surface area is 113 Å². The third-order valence-electron chi connectivity index (χ3n) is 3.25. The van der Waals surface area contributed by atoms with E-state index in [0.29, 0.717) is 0 Å². The third kappa shape index (κ3) is 10.4. The minimum Gasteiger partial charge on any atom is -0.469 e. The molecule has 0 N–H and O–H groups in total. The van der Waals surface area contributed by atoms with E-state index in [2.05, 4.69) is 19.1 Å². The lowest BCUT2D eigenvalue weighted by Crippen LogP contribution is -2.12. The SMILES string of the molecule is CCCCC=CCCCCCCC(C)C(=O)OC. The minimum atomic E-state index is -0.0751. The van der Waals surface area contributed by atoms with Gasteiger partial charge in [-0.1, -0.05) is 58.1 Å². The molecule has 2 heteroatoms. The van der Waals surface area contributed by atoms with Crippen LogP contribution in [0.5, 0.6) is 0 Å². The monoisotopic (exact) mass is 254 g/mol. The average Bonchev–Trinajstić information content (AvgIpc) is 2.39. The van der Waals surface area contributed by atoms with Crippen molar-refractivity contribution in [1.29, 1.82) is 0 Å². The Morgan fingerprint density at radius 2 is 1.67 bits per heavy atom. The largest absolute Gasteiger partial charge is 0.469 e. The highest BCUT2D eigenvalue weighted by Gasteiger charge is 2.11. The van der Waals surface area contributed by atoms with Crippen LogP contribution in [0, 0.1) is 5.92 Å². The number of allylic oxidation sites excluding steroid dienone is 2. The van der Waals surface area contributed by atoms with Gasteiger partial charge in [-0.2, -0.15) is 0 Å². The molecule has 0 aliphatic rings. The van der Waals surface area contributed by atoms with Crippen molar-refractivity contribution in [3.8, 4) is 0 Å². The Balaban J connectivity index is 3.25. The zero-order chi connectivity index (χ0) is 13.6. The fourth-order valence-corrected chi connectivity index (χ4v) is 1.94. The van der Waals surface area contributed by atoms with Crippen molar-refractivity contribution in [1.82, 2.24) is 0 Å². The Morgan fingerprint density at radius 1 is 1.06 bits per heavy atom. The molecule has 0 aromatic heterocycles. The first kappa shape index (κ1) is 17.2. The van der Waals surface area contributed by atoms with Crippen LogP contribution in [0.4, 0.5) is 0 Å². The van der Waals surface area contributed by atoms with E-state index >= 15 is 0 Å². The molecule has 1 atom stereocenters. The Kier molecular flexibility index (Phi) is 12.1. The van der Waals surface area contributed by atoms with Crippen LogP contribution in [0.1, 0.15) is 71.6 Å². The van der Waals surface area contributed by atoms with E-state index in [9.17, 15) is 4.79 Å². The summed E-state index contributed by atoms with van der Waals surface area (Å²) in [5.74, 6) is -0.0159. The molecule has 18 heavy (non-hydrogen) atoms. The molecule has 2 nitrogen and oxygen atoms in total. The molecule has 0 aliphatic heterocycles. The maximum atomic E-state index is 11.2. The molecule has 0 radical (unpaired) electrons. The number of methoxy groups -OCH3 is 1. The Hall–Kier alpha value is -0.790. The van der Waals surface area contributed by atoms with Gasteiger partial charge in [0.05, 0.1) is 13.0 Å². The van der Waals surface area contributed by atoms with E-state index in [1.54, 1.807) is 0 Å². The van der Waals surface area contributed by atoms with Gasteiger partial charge in [0.1, 0.15) is 0 Å². The van der Waals surface area contributed by atoms with Crippen LogP contribution in [0.3, 0.4) is 0 Å². The Morgan fingerprint density at radius 3 is 2.28 bits per heavy atom. The molecular formula is C16H30O2. The zero-order valence-corrected chi connectivity index (χ0v) is 12.4. The van der Waals surface area contributed by atoms with E-state index in [4.69, 9.17) is 4.74 Å². The fourth-order valence-electron chi connectivity index (χ4n) is 1.94. The standard InChI is InChI=1S/C16H30O2/c1-4-5-6-7-8-9-10-11-12-13-14-15(2)16(17)18-3/h7-8,15H,4-6,9-14H2,1-3H3. The maximum Gasteiger partial charge on any atom is 0.308 e. The summed E-state index contributed by atoms with van der Waals surface area (Å²) in [6, 6.07) is 0. The minimum absolute atomic E-state index is 0.0592. The van der Waals surface area contributed by atoms with Crippen molar-refractivity contribution >= 4 is 5.97 Å². The summed E-state index contributed by atoms with van der Waals surface area (Å²) in [6.07, 6.45) is 15.5. The lowest BCUT2D eigenvalue weighted by molar-refractivity contribution is -0.145. The number of unbranched alkanes of at least 4 members (excludes halogenated alkanes) is 6. The molecule has 0 rings (SSSR count). The number of rotatable bonds is 11. The van der Waals surface area contributed by atoms with Gasteiger partial charge in [0.15, 0.2) is 0 Å². The Bertz CT molecular complexity index is 221. The highest BCUT2D eigenvalue weighted by atomic mass is 16.5. The summed E-state index contributed by atoms with van der Waals surface area (Å²) >= 11 is 0. The molecule has 0 aromatic carbocycles. The summed E-state index contributed by atoms with van der Waals surface area (Å²) in [7, 11) is 1.46. The number of carbonyl (C=O) groups is 1. The summed E-state index contributed by atoms with van der Waals surface area (Å²) in [4.78, 5) is 11.2. The molecule has 0 saturated carbocycles. The summed E-state index contributed by atoms with van der Waals surface area (Å²) in [6.45, 7) is 4.17. The van der Waals surface area contributed by atoms with Crippen molar-refractivity contribution in [2.75, 3.05) is 7.11 Å². The average molecular weight is 254 g/mol. The van der Waals surface area contributed by atoms with E-state index < -0.39 is 0 Å². The van der Waals surface area contributed by atoms with E-state index in [0.717, 1.165) is 12.8 Å². The molecule has 0 aliphatic carbocycles. The van der Waals surface area contributed by atoms with Gasteiger partial charge in [0, 0.05) is 0 Å². The van der Waals surface area contributed by atoms with E-state index in [1.807, 2.05) is 6.92 Å². The lowest BCUT2D eigenvalue weighted by atomic mass is 10.0. The van der Waals surface area contributed by atoms with Gasteiger partial charge in [-0.25, -0.2) is 0 Å². The first-order valence-corrected chi connectivity index (χ1v) is 7.45. The number of hydrogen-bond donors (Lipinski definition) is 0. The van der Waals surface area contributed by atoms with Crippen molar-refractivity contribution in [2.45, 2.75) is 71.6 Å².